The smallest absolute Gasteiger partial charge is 0.372 e. The molecule has 11 heteroatoms. The Morgan fingerprint density at radius 2 is 1.53 bits per heavy atom. The minimum absolute atomic E-state index is 0.106. The summed E-state index contributed by atoms with van der Waals surface area (Å²) in [6.07, 6.45) is -2.31. The van der Waals surface area contributed by atoms with E-state index in [0.29, 0.717) is 18.8 Å². The van der Waals surface area contributed by atoms with Crippen LogP contribution in [0, 0.1) is 5.82 Å². The summed E-state index contributed by atoms with van der Waals surface area (Å²) in [4.78, 5) is 42.0. The Balaban J connectivity index is 1.82. The maximum Gasteiger partial charge on any atom is 0.471 e. The average molecular weight is 537 g/mol. The van der Waals surface area contributed by atoms with Crippen LogP contribution in [0.4, 0.5) is 33.7 Å². The molecular weight excluding hydrogens is 504 g/mol. The van der Waals surface area contributed by atoms with Gasteiger partial charge in [-0.1, -0.05) is 12.1 Å². The van der Waals surface area contributed by atoms with Gasteiger partial charge in [-0.2, -0.15) is 13.2 Å². The van der Waals surface area contributed by atoms with Gasteiger partial charge in [-0.05, 0) is 63.4 Å². The number of benzene rings is 2. The molecule has 1 N–H and O–H groups in total. The summed E-state index contributed by atoms with van der Waals surface area (Å²) >= 11 is 0. The van der Waals surface area contributed by atoms with Gasteiger partial charge in [0.05, 0.1) is 13.1 Å². The van der Waals surface area contributed by atoms with Crippen LogP contribution in [0.2, 0.25) is 0 Å². The second kappa shape index (κ2) is 12.7. The normalized spacial score (nSPS) is 13.7. The zero-order valence-corrected chi connectivity index (χ0v) is 21.5. The molecule has 0 aliphatic carbocycles. The molecule has 3 amide bonds. The molecule has 3 rings (SSSR count). The van der Waals surface area contributed by atoms with Crippen molar-refractivity contribution >= 4 is 29.1 Å². The lowest BCUT2D eigenvalue weighted by molar-refractivity contribution is -0.173. The van der Waals surface area contributed by atoms with Gasteiger partial charge in [0.25, 0.3) is 0 Å². The number of likely N-dealkylation sites (tertiary alicyclic amines) is 1. The van der Waals surface area contributed by atoms with Crippen molar-refractivity contribution in [2.45, 2.75) is 45.8 Å². The number of carbonyl (C=O) groups is 3. The van der Waals surface area contributed by atoms with Crippen molar-refractivity contribution < 1.29 is 31.9 Å². The zero-order chi connectivity index (χ0) is 27.9. The molecule has 0 radical (unpaired) electrons. The summed E-state index contributed by atoms with van der Waals surface area (Å²) < 4.78 is 52.1. The van der Waals surface area contributed by atoms with Gasteiger partial charge in [-0.3, -0.25) is 14.5 Å². The molecular formula is C27H32F4N4O3. The van der Waals surface area contributed by atoms with Gasteiger partial charge in [-0.15, -0.1) is 0 Å². The highest BCUT2D eigenvalue weighted by Gasteiger charge is 2.38. The van der Waals surface area contributed by atoms with Gasteiger partial charge in [0, 0.05) is 48.7 Å². The molecule has 1 heterocycles. The van der Waals surface area contributed by atoms with Crippen LogP contribution >= 0.6 is 0 Å². The molecule has 2 aromatic rings. The minimum Gasteiger partial charge on any atom is -0.372 e. The second-order valence-electron chi connectivity index (χ2n) is 9.01. The van der Waals surface area contributed by atoms with Crippen LogP contribution in [-0.4, -0.2) is 61.5 Å². The second-order valence-corrected chi connectivity index (χ2v) is 9.01. The van der Waals surface area contributed by atoms with Gasteiger partial charge >= 0.3 is 18.1 Å². The van der Waals surface area contributed by atoms with Crippen LogP contribution in [-0.2, 0) is 11.3 Å². The third kappa shape index (κ3) is 7.23. The fourth-order valence-corrected chi connectivity index (χ4v) is 4.34. The lowest BCUT2D eigenvalue weighted by Crippen LogP contribution is -2.45. The van der Waals surface area contributed by atoms with Crippen LogP contribution in [0.25, 0.3) is 0 Å². The number of anilines is 2. The standard InChI is InChI=1S/C27H32F4N4O3/c1-3-33(4-2)21-10-12-22(13-11-21)35(26(38)34-14-6-5-7-15-34)18-20-9-8-19(16-23(20)28)24(36)17-32-25(37)27(29,30)31/h8-13,16H,3-7,14-15,17-18H2,1-2H3,(H,32,37). The van der Waals surface area contributed by atoms with E-state index in [4.69, 9.17) is 0 Å². The maximum absolute atomic E-state index is 15.1. The lowest BCUT2D eigenvalue weighted by atomic mass is 10.1. The number of hydrogen-bond donors (Lipinski definition) is 1. The van der Waals surface area contributed by atoms with Crippen molar-refractivity contribution in [3.8, 4) is 0 Å². The number of urea groups is 1. The van der Waals surface area contributed by atoms with Crippen LogP contribution in [0.5, 0.6) is 0 Å². The predicted molar refractivity (Wildman–Crippen MR) is 137 cm³/mol. The van der Waals surface area contributed by atoms with E-state index < -0.39 is 30.2 Å². The van der Waals surface area contributed by atoms with Crippen molar-refractivity contribution in [1.29, 1.82) is 0 Å². The van der Waals surface area contributed by atoms with Gasteiger partial charge in [-0.25, -0.2) is 9.18 Å². The van der Waals surface area contributed by atoms with E-state index in [2.05, 4.69) is 4.90 Å². The monoisotopic (exact) mass is 536 g/mol. The first-order chi connectivity index (χ1) is 18.0. The predicted octanol–water partition coefficient (Wildman–Crippen LogP) is 5.15. The molecule has 0 atom stereocenters. The number of hydrogen-bond acceptors (Lipinski definition) is 4. The third-order valence-corrected chi connectivity index (χ3v) is 6.52. The van der Waals surface area contributed by atoms with E-state index >= 15 is 4.39 Å². The van der Waals surface area contributed by atoms with Crippen molar-refractivity contribution in [3.05, 3.63) is 59.4 Å². The highest BCUT2D eigenvalue weighted by Crippen LogP contribution is 2.26. The molecule has 206 valence electrons. The Hall–Kier alpha value is -3.63. The van der Waals surface area contributed by atoms with E-state index in [0.717, 1.165) is 44.1 Å². The summed E-state index contributed by atoms with van der Waals surface area (Å²) in [6.45, 7) is 5.92. The first-order valence-corrected chi connectivity index (χ1v) is 12.6. The van der Waals surface area contributed by atoms with Crippen LogP contribution in [0.1, 0.15) is 49.0 Å². The Morgan fingerprint density at radius 1 is 0.921 bits per heavy atom. The van der Waals surface area contributed by atoms with E-state index in [1.807, 2.05) is 38.1 Å². The van der Waals surface area contributed by atoms with Crippen molar-refractivity contribution in [2.24, 2.45) is 0 Å². The Labute approximate surface area is 219 Å². The first-order valence-electron chi connectivity index (χ1n) is 12.6. The first kappa shape index (κ1) is 28.9. The fraction of sp³-hybridized carbons (Fsp3) is 0.444. The molecule has 0 aromatic heterocycles. The maximum atomic E-state index is 15.1. The fourth-order valence-electron chi connectivity index (χ4n) is 4.34. The molecule has 2 aromatic carbocycles. The SMILES string of the molecule is CCN(CC)c1ccc(N(Cc2ccc(C(=O)CNC(=O)C(F)(F)F)cc2F)C(=O)N2CCCCC2)cc1. The number of alkyl halides is 3. The number of halogens is 4. The molecule has 0 bridgehead atoms. The average Bonchev–Trinajstić information content (AvgIpc) is 2.91. The van der Waals surface area contributed by atoms with E-state index in [1.54, 1.807) is 4.90 Å². The molecule has 1 aliphatic rings. The van der Waals surface area contributed by atoms with E-state index in [1.165, 1.54) is 22.3 Å². The molecule has 38 heavy (non-hydrogen) atoms. The van der Waals surface area contributed by atoms with Gasteiger partial charge in [0.15, 0.2) is 5.78 Å². The summed E-state index contributed by atoms with van der Waals surface area (Å²) in [6, 6.07) is 10.7. The molecule has 0 spiro atoms. The summed E-state index contributed by atoms with van der Waals surface area (Å²) in [5.41, 5.74) is 1.53. The minimum atomic E-state index is -5.12. The summed E-state index contributed by atoms with van der Waals surface area (Å²) in [5, 5.41) is 1.48. The molecule has 7 nitrogen and oxygen atoms in total. The molecule has 0 unspecified atom stereocenters. The third-order valence-electron chi connectivity index (χ3n) is 6.52. The van der Waals surface area contributed by atoms with Gasteiger partial charge in [0.2, 0.25) is 0 Å². The van der Waals surface area contributed by atoms with Crippen molar-refractivity contribution in [2.75, 3.05) is 42.5 Å². The number of piperidine rings is 1. The number of Topliss-reactive ketones (excluding diaryl/α,β-unsaturated/α-hetero) is 1. The molecule has 1 fully saturated rings. The quantitative estimate of drug-likeness (QED) is 0.356. The largest absolute Gasteiger partial charge is 0.471 e. The van der Waals surface area contributed by atoms with E-state index in [9.17, 15) is 27.6 Å². The Kier molecular flexibility index (Phi) is 9.71. The van der Waals surface area contributed by atoms with Gasteiger partial charge < -0.3 is 15.1 Å². The number of rotatable bonds is 9. The molecule has 1 aliphatic heterocycles. The number of ketones is 1. The highest BCUT2D eigenvalue weighted by atomic mass is 19.4. The summed E-state index contributed by atoms with van der Waals surface area (Å²) in [7, 11) is 0. The molecule has 0 saturated carbocycles. The van der Waals surface area contributed by atoms with Crippen LogP contribution < -0.4 is 15.1 Å². The van der Waals surface area contributed by atoms with Crippen LogP contribution in [0.3, 0.4) is 0 Å². The van der Waals surface area contributed by atoms with Gasteiger partial charge in [0.1, 0.15) is 5.82 Å². The number of amides is 3. The number of nitrogens with one attached hydrogen (secondary N) is 1. The summed E-state index contributed by atoms with van der Waals surface area (Å²) in [5.74, 6) is -3.91. The van der Waals surface area contributed by atoms with Crippen molar-refractivity contribution in [1.82, 2.24) is 10.2 Å². The van der Waals surface area contributed by atoms with E-state index in [-0.39, 0.29) is 23.7 Å². The topological polar surface area (TPSA) is 73.0 Å². The highest BCUT2D eigenvalue weighted by molar-refractivity contribution is 6.00. The lowest BCUT2D eigenvalue weighted by Gasteiger charge is -2.33. The number of carbonyl (C=O) groups excluding carboxylic acids is 3. The Bertz CT molecular complexity index is 1130. The zero-order valence-electron chi connectivity index (χ0n) is 21.5. The van der Waals surface area contributed by atoms with Crippen molar-refractivity contribution in [3.63, 3.8) is 0 Å². The molecule has 1 saturated heterocycles. The Morgan fingerprint density at radius 3 is 2.08 bits per heavy atom. The van der Waals surface area contributed by atoms with Crippen LogP contribution in [0.15, 0.2) is 42.5 Å². The number of nitrogens with zero attached hydrogens (tertiary/aromatic N) is 3.